The number of benzene rings is 2. The summed E-state index contributed by atoms with van der Waals surface area (Å²) in [6, 6.07) is 11.1. The van der Waals surface area contributed by atoms with E-state index in [9.17, 15) is 9.59 Å². The normalized spacial score (nSPS) is 11.1. The summed E-state index contributed by atoms with van der Waals surface area (Å²) < 4.78 is 1.63. The van der Waals surface area contributed by atoms with E-state index < -0.39 is 11.4 Å². The van der Waals surface area contributed by atoms with Crippen molar-refractivity contribution in [3.05, 3.63) is 68.7 Å². The molecule has 0 fully saturated rings. The molecule has 0 N–H and O–H groups in total. The van der Waals surface area contributed by atoms with E-state index in [0.29, 0.717) is 20.1 Å². The van der Waals surface area contributed by atoms with Gasteiger partial charge in [-0.2, -0.15) is 4.53 Å². The SMILES string of the molecule is CC(C)(CC(=O)c1ccccc1Cl)N(Cl)N(Cl)C(=O)c1ccc(Cl)cc1Cl.Cl. The van der Waals surface area contributed by atoms with Crippen LogP contribution < -0.4 is 0 Å². The summed E-state index contributed by atoms with van der Waals surface area (Å²) in [7, 11) is 0. The van der Waals surface area contributed by atoms with Crippen molar-refractivity contribution in [1.82, 2.24) is 9.06 Å². The number of halogens is 6. The molecule has 2 rings (SSSR count). The molecule has 1 amide bonds. The zero-order valence-corrected chi connectivity index (χ0v) is 19.4. The number of carbonyl (C=O) groups is 2. The van der Waals surface area contributed by atoms with Crippen LogP contribution in [0, 0.1) is 0 Å². The second kappa shape index (κ2) is 10.4. The van der Waals surface area contributed by atoms with Crippen molar-refractivity contribution in [2.75, 3.05) is 0 Å². The lowest BCUT2D eigenvalue weighted by Gasteiger charge is -2.36. The minimum atomic E-state index is -1.01. The largest absolute Gasteiger partial charge is 0.294 e. The summed E-state index contributed by atoms with van der Waals surface area (Å²) in [5.41, 5.74) is -0.519. The predicted octanol–water partition coefficient (Wildman–Crippen LogP) is 7.09. The van der Waals surface area contributed by atoms with Crippen LogP contribution in [0.5, 0.6) is 0 Å². The Kier molecular flexibility index (Phi) is 9.36. The van der Waals surface area contributed by atoms with E-state index in [-0.39, 0.29) is 35.2 Å². The van der Waals surface area contributed by atoms with Crippen molar-refractivity contribution in [2.24, 2.45) is 0 Å². The molecule has 28 heavy (non-hydrogen) atoms. The molecule has 0 aromatic heterocycles. The molecule has 0 saturated heterocycles. The van der Waals surface area contributed by atoms with Gasteiger partial charge >= 0.3 is 0 Å². The Morgan fingerprint density at radius 3 is 2.11 bits per heavy atom. The summed E-state index contributed by atoms with van der Waals surface area (Å²) in [6.45, 7) is 3.34. The third-order valence-electron chi connectivity index (χ3n) is 3.75. The van der Waals surface area contributed by atoms with Gasteiger partial charge in [0.1, 0.15) is 0 Å². The fourth-order valence-electron chi connectivity index (χ4n) is 2.32. The Morgan fingerprint density at radius 2 is 1.54 bits per heavy atom. The van der Waals surface area contributed by atoms with Crippen LogP contribution in [0.25, 0.3) is 0 Å². The molecule has 152 valence electrons. The molecule has 10 heteroatoms. The van der Waals surface area contributed by atoms with Gasteiger partial charge in [-0.25, -0.2) is 0 Å². The van der Waals surface area contributed by atoms with Gasteiger partial charge in [0.2, 0.25) is 0 Å². The second-order valence-electron chi connectivity index (χ2n) is 6.34. The number of hydrazine groups is 1. The monoisotopic (exact) mass is 502 g/mol. The van der Waals surface area contributed by atoms with Crippen LogP contribution >= 0.6 is 70.8 Å². The standard InChI is InChI=1S/C18H15Cl5N2O2.ClH/c1-18(2,10-16(26)12-5-3-4-6-14(12)20)25(23)24(22)17(27)13-8-7-11(19)9-15(13)21;/h3-9H,10H2,1-2H3;1H. The zero-order chi connectivity index (χ0) is 20.4. The van der Waals surface area contributed by atoms with Gasteiger partial charge in [-0.05, 0) is 44.2 Å². The van der Waals surface area contributed by atoms with Crippen LogP contribution in [0.15, 0.2) is 42.5 Å². The van der Waals surface area contributed by atoms with Crippen molar-refractivity contribution in [3.8, 4) is 0 Å². The maximum Gasteiger partial charge on any atom is 0.285 e. The van der Waals surface area contributed by atoms with Crippen LogP contribution in [0.2, 0.25) is 15.1 Å². The summed E-state index contributed by atoms with van der Waals surface area (Å²) >= 11 is 30.3. The van der Waals surface area contributed by atoms with Gasteiger partial charge in [-0.3, -0.25) is 9.59 Å². The van der Waals surface area contributed by atoms with Crippen LogP contribution in [0.1, 0.15) is 41.0 Å². The number of Topliss-reactive ketones (excluding diaryl/α,β-unsaturated/α-hetero) is 1. The predicted molar refractivity (Wildman–Crippen MR) is 118 cm³/mol. The molecule has 0 aliphatic rings. The summed E-state index contributed by atoms with van der Waals surface area (Å²) in [5.74, 6) is -0.898. The van der Waals surface area contributed by atoms with Gasteiger partial charge in [0.25, 0.3) is 5.91 Å². The first-order valence-electron chi connectivity index (χ1n) is 7.73. The van der Waals surface area contributed by atoms with Gasteiger partial charge in [0.15, 0.2) is 5.78 Å². The third-order valence-corrected chi connectivity index (χ3v) is 5.62. The minimum Gasteiger partial charge on any atom is -0.294 e. The van der Waals surface area contributed by atoms with E-state index in [2.05, 4.69) is 0 Å². The zero-order valence-electron chi connectivity index (χ0n) is 14.8. The van der Waals surface area contributed by atoms with E-state index in [1.807, 2.05) is 0 Å². The number of amides is 1. The molecule has 0 radical (unpaired) electrons. The van der Waals surface area contributed by atoms with Crippen molar-refractivity contribution >= 4 is 82.5 Å². The average Bonchev–Trinajstić information content (AvgIpc) is 2.59. The molecule has 2 aromatic rings. The Hall–Kier alpha value is -0.720. The van der Waals surface area contributed by atoms with Crippen LogP contribution in [-0.2, 0) is 0 Å². The molecule has 0 aliphatic carbocycles. The Bertz CT molecular complexity index is 875. The molecule has 0 spiro atoms. The minimum absolute atomic E-state index is 0. The molecule has 4 nitrogen and oxygen atoms in total. The maximum atomic E-state index is 12.6. The van der Waals surface area contributed by atoms with Gasteiger partial charge in [-0.1, -0.05) is 46.9 Å². The van der Waals surface area contributed by atoms with E-state index in [4.69, 9.17) is 58.4 Å². The first-order valence-corrected chi connectivity index (χ1v) is 9.54. The third kappa shape index (κ3) is 5.90. The van der Waals surface area contributed by atoms with Crippen LogP contribution in [0.3, 0.4) is 0 Å². The Morgan fingerprint density at radius 1 is 0.929 bits per heavy atom. The van der Waals surface area contributed by atoms with E-state index >= 15 is 0 Å². The molecule has 0 atom stereocenters. The summed E-state index contributed by atoms with van der Waals surface area (Å²) in [6.07, 6.45) is -0.0366. The first kappa shape index (κ1) is 25.3. The average molecular weight is 505 g/mol. The number of ketones is 1. The summed E-state index contributed by atoms with van der Waals surface area (Å²) in [5, 5.41) is 0.852. The highest BCUT2D eigenvalue weighted by molar-refractivity contribution is 6.38. The van der Waals surface area contributed by atoms with E-state index in [1.165, 1.54) is 18.2 Å². The maximum absolute atomic E-state index is 12.6. The molecule has 0 saturated carbocycles. The summed E-state index contributed by atoms with van der Waals surface area (Å²) in [4.78, 5) is 25.2. The van der Waals surface area contributed by atoms with Crippen molar-refractivity contribution < 1.29 is 9.59 Å². The molecular weight excluding hydrogens is 489 g/mol. The van der Waals surface area contributed by atoms with Gasteiger partial charge in [-0.15, -0.1) is 16.9 Å². The highest BCUT2D eigenvalue weighted by Crippen LogP contribution is 2.31. The van der Waals surface area contributed by atoms with E-state index in [0.717, 1.165) is 4.53 Å². The Balaban J connectivity index is 0.00000392. The lowest BCUT2D eigenvalue weighted by atomic mass is 9.95. The van der Waals surface area contributed by atoms with Crippen LogP contribution in [0.4, 0.5) is 0 Å². The molecule has 0 unspecified atom stereocenters. The Labute approximate surface area is 194 Å². The van der Waals surface area contributed by atoms with Crippen molar-refractivity contribution in [1.29, 1.82) is 0 Å². The number of rotatable bonds is 6. The van der Waals surface area contributed by atoms with Gasteiger partial charge < -0.3 is 0 Å². The molecular formula is C18H16Cl6N2O2. The first-order chi connectivity index (χ1) is 12.5. The lowest BCUT2D eigenvalue weighted by molar-refractivity contribution is 0.0374. The molecule has 0 aliphatic heterocycles. The van der Waals surface area contributed by atoms with Crippen molar-refractivity contribution in [2.45, 2.75) is 25.8 Å². The smallest absolute Gasteiger partial charge is 0.285 e. The number of hydrogen-bond donors (Lipinski definition) is 0. The molecule has 0 heterocycles. The quantitative estimate of drug-likeness (QED) is 0.239. The second-order valence-corrected chi connectivity index (χ2v) is 8.23. The number of hydrogen-bond acceptors (Lipinski definition) is 3. The fourth-order valence-corrected chi connectivity index (χ4v) is 3.48. The highest BCUT2D eigenvalue weighted by Gasteiger charge is 2.36. The lowest BCUT2D eigenvalue weighted by Crippen LogP contribution is -2.48. The van der Waals surface area contributed by atoms with Crippen LogP contribution in [-0.4, -0.2) is 26.3 Å². The molecule has 2 aromatic carbocycles. The van der Waals surface area contributed by atoms with Gasteiger partial charge in [0.05, 0.1) is 21.1 Å². The highest BCUT2D eigenvalue weighted by atomic mass is 35.5. The van der Waals surface area contributed by atoms with Crippen molar-refractivity contribution in [3.63, 3.8) is 0 Å². The fraction of sp³-hybridized carbons (Fsp3) is 0.222. The molecule has 0 bridgehead atoms. The topological polar surface area (TPSA) is 40.6 Å². The number of nitrogens with zero attached hydrogens (tertiary/aromatic N) is 2. The van der Waals surface area contributed by atoms with Gasteiger partial charge in [0, 0.05) is 40.6 Å². The number of carbonyl (C=O) groups excluding carboxylic acids is 2. The van der Waals surface area contributed by atoms with E-state index in [1.54, 1.807) is 38.1 Å².